The number of alkyl halides is 3. The van der Waals surface area contributed by atoms with E-state index in [0.717, 1.165) is 30.9 Å². The highest BCUT2D eigenvalue weighted by Gasteiger charge is 2.34. The van der Waals surface area contributed by atoms with Gasteiger partial charge in [-0.1, -0.05) is 57.6 Å². The van der Waals surface area contributed by atoms with Gasteiger partial charge in [-0.2, -0.15) is 0 Å². The zero-order valence-electron chi connectivity index (χ0n) is 14.9. The molecule has 6 heteroatoms. The summed E-state index contributed by atoms with van der Waals surface area (Å²) in [5, 5.41) is 0. The van der Waals surface area contributed by atoms with Crippen LogP contribution < -0.4 is 4.74 Å². The molecule has 1 aliphatic carbocycles. The van der Waals surface area contributed by atoms with Gasteiger partial charge in [0, 0.05) is 0 Å². The normalized spacial score (nSPS) is 21.3. The van der Waals surface area contributed by atoms with Gasteiger partial charge in [-0.25, -0.2) is 8.78 Å². The first-order valence-electron chi connectivity index (χ1n) is 9.19. The van der Waals surface area contributed by atoms with Gasteiger partial charge in [0.15, 0.2) is 11.6 Å². The van der Waals surface area contributed by atoms with Crippen molar-refractivity contribution in [3.8, 4) is 5.75 Å². The van der Waals surface area contributed by atoms with Crippen LogP contribution in [-0.2, 0) is 0 Å². The average molecular weight is 376 g/mol. The Morgan fingerprint density at radius 2 is 1.54 bits per heavy atom. The van der Waals surface area contributed by atoms with E-state index in [1.165, 1.54) is 44.6 Å². The Labute approximate surface area is 151 Å². The molecular formula is C20H25F5O. The fourth-order valence-electron chi connectivity index (χ4n) is 3.66. The van der Waals surface area contributed by atoms with E-state index in [0.29, 0.717) is 5.92 Å². The van der Waals surface area contributed by atoms with Gasteiger partial charge in [0.05, 0.1) is 0 Å². The fraction of sp³-hybridized carbons (Fsp3) is 0.600. The molecule has 2 rings (SSSR count). The molecule has 1 aromatic carbocycles. The molecule has 1 fully saturated rings. The third kappa shape index (κ3) is 6.61. The molecule has 146 valence electrons. The van der Waals surface area contributed by atoms with Crippen LogP contribution in [0.2, 0.25) is 0 Å². The minimum Gasteiger partial charge on any atom is -0.399 e. The Morgan fingerprint density at radius 1 is 1.00 bits per heavy atom. The van der Waals surface area contributed by atoms with Gasteiger partial charge in [0.1, 0.15) is 0 Å². The summed E-state index contributed by atoms with van der Waals surface area (Å²) < 4.78 is 67.0. The molecule has 0 amide bonds. The summed E-state index contributed by atoms with van der Waals surface area (Å²) in [6, 6.07) is 1.69. The number of benzene rings is 1. The van der Waals surface area contributed by atoms with E-state index in [9.17, 15) is 22.0 Å². The van der Waals surface area contributed by atoms with Gasteiger partial charge >= 0.3 is 6.36 Å². The van der Waals surface area contributed by atoms with E-state index in [1.54, 1.807) is 0 Å². The number of hydrogen-bond donors (Lipinski definition) is 0. The third-order valence-corrected chi connectivity index (χ3v) is 4.95. The molecule has 0 atom stereocenters. The van der Waals surface area contributed by atoms with Gasteiger partial charge in [-0.05, 0) is 42.4 Å². The van der Waals surface area contributed by atoms with Crippen molar-refractivity contribution < 1.29 is 26.7 Å². The molecule has 1 aromatic rings. The van der Waals surface area contributed by atoms with Crippen LogP contribution in [0.3, 0.4) is 0 Å². The fourth-order valence-corrected chi connectivity index (χ4v) is 3.66. The van der Waals surface area contributed by atoms with E-state index >= 15 is 0 Å². The standard InChI is InChI=1S/C20H25F5O/c1-2-5-14-8-10-15(11-9-14)6-3-4-7-16-12-17(21)19(18(22)13-16)26-20(23,24)25/h4,7,12-15H,2-3,5-6,8-11H2,1H3/b7-4-. The molecular weight excluding hydrogens is 351 g/mol. The largest absolute Gasteiger partial charge is 0.573 e. The van der Waals surface area contributed by atoms with Gasteiger partial charge < -0.3 is 4.74 Å². The summed E-state index contributed by atoms with van der Waals surface area (Å²) >= 11 is 0. The van der Waals surface area contributed by atoms with Gasteiger partial charge in [0.25, 0.3) is 0 Å². The van der Waals surface area contributed by atoms with Crippen molar-refractivity contribution in [2.45, 2.75) is 64.7 Å². The lowest BCUT2D eigenvalue weighted by molar-refractivity contribution is -0.276. The summed E-state index contributed by atoms with van der Waals surface area (Å²) in [7, 11) is 0. The van der Waals surface area contributed by atoms with Crippen LogP contribution in [0.1, 0.15) is 63.9 Å². The van der Waals surface area contributed by atoms with Crippen molar-refractivity contribution >= 4 is 6.08 Å². The van der Waals surface area contributed by atoms with Crippen LogP contribution >= 0.6 is 0 Å². The second-order valence-electron chi connectivity index (χ2n) is 7.02. The molecule has 1 saturated carbocycles. The van der Waals surface area contributed by atoms with Crippen molar-refractivity contribution in [2.75, 3.05) is 0 Å². The second-order valence-corrected chi connectivity index (χ2v) is 7.02. The van der Waals surface area contributed by atoms with E-state index in [4.69, 9.17) is 0 Å². The Bertz CT molecular complexity index is 578. The Balaban J connectivity index is 1.83. The molecule has 0 unspecified atom stereocenters. The summed E-state index contributed by atoms with van der Waals surface area (Å²) in [6.45, 7) is 2.21. The first-order chi connectivity index (χ1) is 12.3. The third-order valence-electron chi connectivity index (χ3n) is 4.95. The van der Waals surface area contributed by atoms with E-state index in [1.807, 2.05) is 6.08 Å². The van der Waals surface area contributed by atoms with Crippen LogP contribution in [0.5, 0.6) is 5.75 Å². The quantitative estimate of drug-likeness (QED) is 0.455. The maximum absolute atomic E-state index is 13.6. The Hall–Kier alpha value is -1.59. The molecule has 0 aromatic heterocycles. The average Bonchev–Trinajstić information content (AvgIpc) is 2.56. The van der Waals surface area contributed by atoms with E-state index in [-0.39, 0.29) is 5.56 Å². The van der Waals surface area contributed by atoms with Gasteiger partial charge in [0.2, 0.25) is 5.75 Å². The molecule has 1 nitrogen and oxygen atoms in total. The van der Waals surface area contributed by atoms with Gasteiger partial charge in [-0.3, -0.25) is 0 Å². The van der Waals surface area contributed by atoms with Crippen molar-refractivity contribution in [3.63, 3.8) is 0 Å². The maximum Gasteiger partial charge on any atom is 0.573 e. The number of hydrogen-bond acceptors (Lipinski definition) is 1. The van der Waals surface area contributed by atoms with Crippen molar-refractivity contribution in [1.82, 2.24) is 0 Å². The van der Waals surface area contributed by atoms with Gasteiger partial charge in [-0.15, -0.1) is 13.2 Å². The van der Waals surface area contributed by atoms with Crippen LogP contribution in [0.15, 0.2) is 18.2 Å². The molecule has 0 saturated heterocycles. The SMILES string of the molecule is CCCC1CCC(CC/C=C\c2cc(F)c(OC(F)(F)F)c(F)c2)CC1. The molecule has 0 heterocycles. The topological polar surface area (TPSA) is 9.23 Å². The highest BCUT2D eigenvalue weighted by molar-refractivity contribution is 5.51. The van der Waals surface area contributed by atoms with Crippen molar-refractivity contribution in [3.05, 3.63) is 35.4 Å². The summed E-state index contributed by atoms with van der Waals surface area (Å²) in [5.74, 6) is -2.61. The maximum atomic E-state index is 13.6. The molecule has 0 N–H and O–H groups in total. The van der Waals surface area contributed by atoms with Crippen LogP contribution in [0.25, 0.3) is 6.08 Å². The first kappa shape index (κ1) is 20.7. The first-order valence-corrected chi connectivity index (χ1v) is 9.19. The minimum absolute atomic E-state index is 0.182. The number of allylic oxidation sites excluding steroid dienone is 1. The van der Waals surface area contributed by atoms with Crippen LogP contribution in [0.4, 0.5) is 22.0 Å². The number of halogens is 5. The molecule has 0 aliphatic heterocycles. The highest BCUT2D eigenvalue weighted by atomic mass is 19.4. The number of ether oxygens (including phenoxy) is 1. The van der Waals surface area contributed by atoms with Crippen molar-refractivity contribution in [2.24, 2.45) is 11.8 Å². The minimum atomic E-state index is -5.13. The predicted molar refractivity (Wildman–Crippen MR) is 91.7 cm³/mol. The zero-order valence-corrected chi connectivity index (χ0v) is 14.9. The lowest BCUT2D eigenvalue weighted by Crippen LogP contribution is -2.19. The van der Waals surface area contributed by atoms with E-state index in [2.05, 4.69) is 11.7 Å². The lowest BCUT2D eigenvalue weighted by atomic mass is 9.78. The van der Waals surface area contributed by atoms with Crippen LogP contribution in [0, 0.1) is 23.5 Å². The lowest BCUT2D eigenvalue weighted by Gasteiger charge is -2.28. The molecule has 0 bridgehead atoms. The smallest absolute Gasteiger partial charge is 0.399 e. The summed E-state index contributed by atoms with van der Waals surface area (Å²) in [4.78, 5) is 0. The molecule has 0 radical (unpaired) electrons. The zero-order chi connectivity index (χ0) is 19.2. The second kappa shape index (κ2) is 9.38. The Morgan fingerprint density at radius 3 is 2.04 bits per heavy atom. The Kier molecular flexibility index (Phi) is 7.47. The summed E-state index contributed by atoms with van der Waals surface area (Å²) in [5.41, 5.74) is 0.182. The predicted octanol–water partition coefficient (Wildman–Crippen LogP) is 7.26. The molecule has 0 spiro atoms. The molecule has 1 aliphatic rings. The monoisotopic (exact) mass is 376 g/mol. The summed E-state index contributed by atoms with van der Waals surface area (Å²) in [6.07, 6.45) is 7.58. The highest BCUT2D eigenvalue weighted by Crippen LogP contribution is 2.34. The van der Waals surface area contributed by atoms with Crippen molar-refractivity contribution in [1.29, 1.82) is 0 Å². The van der Waals surface area contributed by atoms with E-state index < -0.39 is 23.7 Å². The number of rotatable bonds is 7. The van der Waals surface area contributed by atoms with Crippen LogP contribution in [-0.4, -0.2) is 6.36 Å². The molecule has 26 heavy (non-hydrogen) atoms.